The van der Waals surface area contributed by atoms with Crippen LogP contribution >= 0.6 is 31.9 Å². The van der Waals surface area contributed by atoms with Crippen molar-refractivity contribution in [3.63, 3.8) is 0 Å². The van der Waals surface area contributed by atoms with Crippen LogP contribution in [-0.4, -0.2) is 31.6 Å². The Kier molecular flexibility index (Phi) is 5.75. The minimum absolute atomic E-state index is 0.0703. The molecule has 1 saturated carbocycles. The number of carbonyl (C=O) groups is 2. The maximum Gasteiger partial charge on any atom is 0.307 e. The number of alkyl halides is 2. The number of pyridine rings is 1. The van der Waals surface area contributed by atoms with Crippen molar-refractivity contribution in [2.45, 2.75) is 29.0 Å². The molecule has 1 amide bonds. The zero-order chi connectivity index (χ0) is 15.4. The first-order valence-electron chi connectivity index (χ1n) is 6.66. The lowest BCUT2D eigenvalue weighted by Crippen LogP contribution is -2.44. The number of nitrogens with one attached hydrogen (secondary N) is 1. The van der Waals surface area contributed by atoms with Crippen molar-refractivity contribution in [3.05, 3.63) is 30.1 Å². The second-order valence-corrected chi connectivity index (χ2v) is 7.49. The molecule has 1 fully saturated rings. The molecular formula is C14H16Br2N2O3. The molecule has 1 aromatic rings. The fourth-order valence-electron chi connectivity index (χ4n) is 2.49. The molecule has 2 N–H and O–H groups in total. The molecule has 0 saturated heterocycles. The van der Waals surface area contributed by atoms with Crippen molar-refractivity contribution in [2.75, 3.05) is 0 Å². The van der Waals surface area contributed by atoms with Crippen LogP contribution < -0.4 is 5.32 Å². The Balaban J connectivity index is 2.00. The van der Waals surface area contributed by atoms with E-state index in [2.05, 4.69) is 42.2 Å². The van der Waals surface area contributed by atoms with E-state index >= 15 is 0 Å². The zero-order valence-electron chi connectivity index (χ0n) is 11.2. The Labute approximate surface area is 139 Å². The zero-order valence-corrected chi connectivity index (χ0v) is 14.4. The van der Waals surface area contributed by atoms with Crippen molar-refractivity contribution in [3.8, 4) is 0 Å². The summed E-state index contributed by atoms with van der Waals surface area (Å²) in [6.07, 6.45) is 4.29. The highest BCUT2D eigenvalue weighted by Crippen LogP contribution is 2.38. The fourth-order valence-corrected chi connectivity index (χ4v) is 3.73. The molecule has 114 valence electrons. The van der Waals surface area contributed by atoms with Gasteiger partial charge < -0.3 is 10.4 Å². The highest BCUT2D eigenvalue weighted by molar-refractivity contribution is 9.12. The van der Waals surface area contributed by atoms with E-state index in [0.29, 0.717) is 19.4 Å². The summed E-state index contributed by atoms with van der Waals surface area (Å²) in [6, 6.07) is 3.66. The van der Waals surface area contributed by atoms with Gasteiger partial charge >= 0.3 is 5.97 Å². The number of rotatable bonds is 4. The van der Waals surface area contributed by atoms with Gasteiger partial charge in [-0.2, -0.15) is 0 Å². The van der Waals surface area contributed by atoms with Crippen LogP contribution in [0.25, 0.3) is 0 Å². The molecule has 0 unspecified atom stereocenters. The molecule has 7 heteroatoms. The second-order valence-electron chi connectivity index (χ2n) is 5.13. The molecule has 0 spiro atoms. The van der Waals surface area contributed by atoms with E-state index < -0.39 is 17.8 Å². The Hall–Kier alpha value is -0.950. The summed E-state index contributed by atoms with van der Waals surface area (Å²) < 4.78 is 0. The number of carbonyl (C=O) groups excluding carboxylic acids is 1. The normalized spacial score (nSPS) is 28.9. The molecule has 0 aromatic carbocycles. The summed E-state index contributed by atoms with van der Waals surface area (Å²) in [5.41, 5.74) is 0.891. The maximum absolute atomic E-state index is 12.3. The molecule has 1 aromatic heterocycles. The molecule has 1 aliphatic carbocycles. The van der Waals surface area contributed by atoms with Crippen LogP contribution in [0.5, 0.6) is 0 Å². The molecule has 0 bridgehead atoms. The van der Waals surface area contributed by atoms with Gasteiger partial charge in [-0.3, -0.25) is 14.6 Å². The molecule has 5 nitrogen and oxygen atoms in total. The number of hydrogen-bond donors (Lipinski definition) is 2. The van der Waals surface area contributed by atoms with E-state index in [4.69, 9.17) is 0 Å². The summed E-state index contributed by atoms with van der Waals surface area (Å²) in [4.78, 5) is 27.8. The predicted octanol–water partition coefficient (Wildman–Crippen LogP) is 2.34. The van der Waals surface area contributed by atoms with Gasteiger partial charge in [0.05, 0.1) is 11.8 Å². The predicted molar refractivity (Wildman–Crippen MR) is 85.4 cm³/mol. The summed E-state index contributed by atoms with van der Waals surface area (Å²) >= 11 is 6.97. The second kappa shape index (κ2) is 7.35. The first-order valence-corrected chi connectivity index (χ1v) is 8.49. The van der Waals surface area contributed by atoms with Gasteiger partial charge in [-0.05, 0) is 24.5 Å². The first kappa shape index (κ1) is 16.4. The lowest BCUT2D eigenvalue weighted by molar-refractivity contribution is -0.148. The molecule has 0 radical (unpaired) electrons. The lowest BCUT2D eigenvalue weighted by atomic mass is 9.78. The van der Waals surface area contributed by atoms with E-state index in [1.165, 1.54) is 0 Å². The van der Waals surface area contributed by atoms with Crippen molar-refractivity contribution in [1.29, 1.82) is 0 Å². The molecule has 2 rings (SSSR count). The van der Waals surface area contributed by atoms with E-state index in [9.17, 15) is 14.7 Å². The third-order valence-electron chi connectivity index (χ3n) is 3.68. The van der Waals surface area contributed by atoms with E-state index in [1.807, 2.05) is 6.07 Å². The van der Waals surface area contributed by atoms with Gasteiger partial charge in [0.15, 0.2) is 0 Å². The topological polar surface area (TPSA) is 79.3 Å². The highest BCUT2D eigenvalue weighted by atomic mass is 79.9. The summed E-state index contributed by atoms with van der Waals surface area (Å²) in [6.45, 7) is 0.361. The van der Waals surface area contributed by atoms with Crippen LogP contribution in [0.15, 0.2) is 24.5 Å². The Morgan fingerprint density at radius 3 is 2.52 bits per heavy atom. The maximum atomic E-state index is 12.3. The molecule has 21 heavy (non-hydrogen) atoms. The van der Waals surface area contributed by atoms with E-state index in [0.717, 1.165) is 5.56 Å². The van der Waals surface area contributed by atoms with Gasteiger partial charge in [0.25, 0.3) is 0 Å². The minimum atomic E-state index is -0.916. The van der Waals surface area contributed by atoms with Crippen LogP contribution in [0.3, 0.4) is 0 Å². The quantitative estimate of drug-likeness (QED) is 0.734. The van der Waals surface area contributed by atoms with Gasteiger partial charge in [0.2, 0.25) is 5.91 Å². The highest BCUT2D eigenvalue weighted by Gasteiger charge is 2.42. The standard InChI is InChI=1S/C14H16Br2N2O3/c15-11-4-9(10(14(20)21)5-12(11)16)13(19)18-7-8-2-1-3-17-6-8/h1-3,6,9-12H,4-5,7H2,(H,18,19)(H,20,21)/t9-,10+,11-,12-/m0/s1. The van der Waals surface area contributed by atoms with Crippen LogP contribution in [0.2, 0.25) is 0 Å². The van der Waals surface area contributed by atoms with E-state index in [-0.39, 0.29) is 15.6 Å². The summed E-state index contributed by atoms with van der Waals surface area (Å²) in [7, 11) is 0. The largest absolute Gasteiger partial charge is 0.481 e. The number of carboxylic acid groups (broad SMARTS) is 1. The molecule has 0 aliphatic heterocycles. The number of hydrogen-bond acceptors (Lipinski definition) is 3. The first-order chi connectivity index (χ1) is 9.99. The van der Waals surface area contributed by atoms with Crippen LogP contribution in [0.1, 0.15) is 18.4 Å². The molecule has 4 atom stereocenters. The Bertz CT molecular complexity index is 512. The van der Waals surface area contributed by atoms with Gasteiger partial charge in [-0.1, -0.05) is 37.9 Å². The summed E-state index contributed by atoms with van der Waals surface area (Å²) in [5.74, 6) is -2.30. The van der Waals surface area contributed by atoms with Crippen molar-refractivity contribution in [1.82, 2.24) is 10.3 Å². The number of nitrogens with zero attached hydrogens (tertiary/aromatic N) is 1. The van der Waals surface area contributed by atoms with E-state index in [1.54, 1.807) is 18.5 Å². The van der Waals surface area contributed by atoms with Gasteiger partial charge in [-0.25, -0.2) is 0 Å². The van der Waals surface area contributed by atoms with Gasteiger partial charge in [0, 0.05) is 28.6 Å². The lowest BCUT2D eigenvalue weighted by Gasteiger charge is -2.33. The Morgan fingerprint density at radius 1 is 1.29 bits per heavy atom. The average molecular weight is 420 g/mol. The van der Waals surface area contributed by atoms with Crippen LogP contribution in [0, 0.1) is 11.8 Å². The minimum Gasteiger partial charge on any atom is -0.481 e. The number of aromatic nitrogens is 1. The van der Waals surface area contributed by atoms with Gasteiger partial charge in [0.1, 0.15) is 0 Å². The SMILES string of the molecule is O=C(NCc1cccnc1)[C@H]1C[C@H](Br)[C@@H](Br)C[C@H]1C(=O)O. The van der Waals surface area contributed by atoms with Gasteiger partial charge in [-0.15, -0.1) is 0 Å². The average Bonchev–Trinajstić information content (AvgIpc) is 2.48. The van der Waals surface area contributed by atoms with Crippen LogP contribution in [0.4, 0.5) is 0 Å². The molecule has 1 aliphatic rings. The van der Waals surface area contributed by atoms with Crippen molar-refractivity contribution < 1.29 is 14.7 Å². The molecular weight excluding hydrogens is 404 g/mol. The number of aliphatic carboxylic acids is 1. The smallest absolute Gasteiger partial charge is 0.307 e. The fraction of sp³-hybridized carbons (Fsp3) is 0.500. The number of amides is 1. The van der Waals surface area contributed by atoms with Crippen LogP contribution in [-0.2, 0) is 16.1 Å². The molecule has 1 heterocycles. The Morgan fingerprint density at radius 2 is 1.95 bits per heavy atom. The number of carboxylic acids is 1. The van der Waals surface area contributed by atoms with Crippen molar-refractivity contribution in [2.24, 2.45) is 11.8 Å². The summed E-state index contributed by atoms with van der Waals surface area (Å²) in [5, 5.41) is 12.1. The monoisotopic (exact) mass is 418 g/mol. The van der Waals surface area contributed by atoms with Crippen molar-refractivity contribution >= 4 is 43.7 Å². The number of halogens is 2. The third-order valence-corrected chi connectivity index (χ3v) is 6.41. The third kappa shape index (κ3) is 4.26.